The van der Waals surface area contributed by atoms with Crippen LogP contribution in [-0.4, -0.2) is 69.9 Å². The Morgan fingerprint density at radius 1 is 1.19 bits per heavy atom. The molecule has 1 saturated heterocycles. The molecule has 0 radical (unpaired) electrons. The number of carbonyl (C=O) groups is 3. The summed E-state index contributed by atoms with van der Waals surface area (Å²) in [6.07, 6.45) is 5.15. The maximum Gasteiger partial charge on any atom is 0.320 e. The molecule has 0 bridgehead atoms. The first-order valence-corrected chi connectivity index (χ1v) is 9.42. The molecule has 1 unspecified atom stereocenters. The van der Waals surface area contributed by atoms with Crippen LogP contribution in [0.2, 0.25) is 0 Å². The van der Waals surface area contributed by atoms with Gasteiger partial charge < -0.3 is 20.6 Å². The zero-order valence-corrected chi connectivity index (χ0v) is 15.8. The third kappa shape index (κ3) is 6.02. The summed E-state index contributed by atoms with van der Waals surface area (Å²) in [7, 11) is 0. The van der Waals surface area contributed by atoms with Crippen molar-refractivity contribution in [1.82, 2.24) is 14.8 Å². The van der Waals surface area contributed by atoms with Crippen molar-refractivity contribution in [3.05, 3.63) is 29.6 Å². The van der Waals surface area contributed by atoms with Crippen LogP contribution in [0.1, 0.15) is 48.7 Å². The number of nitrogens with two attached hydrogens (primary N) is 1. The summed E-state index contributed by atoms with van der Waals surface area (Å²) in [6.45, 7) is 3.88. The number of pyridine rings is 1. The first-order chi connectivity index (χ1) is 12.9. The number of amides is 2. The second kappa shape index (κ2) is 10.0. The normalized spacial score (nSPS) is 15.5. The van der Waals surface area contributed by atoms with Crippen LogP contribution < -0.4 is 5.73 Å². The van der Waals surface area contributed by atoms with E-state index in [1.807, 2.05) is 6.07 Å². The smallest absolute Gasteiger partial charge is 0.320 e. The van der Waals surface area contributed by atoms with Gasteiger partial charge in [-0.2, -0.15) is 0 Å². The molecule has 1 aromatic rings. The first-order valence-electron chi connectivity index (χ1n) is 9.42. The summed E-state index contributed by atoms with van der Waals surface area (Å²) in [4.78, 5) is 43.1. The van der Waals surface area contributed by atoms with Gasteiger partial charge in [-0.3, -0.25) is 19.4 Å². The van der Waals surface area contributed by atoms with Gasteiger partial charge in [0.15, 0.2) is 0 Å². The highest BCUT2D eigenvalue weighted by molar-refractivity contribution is 5.92. The summed E-state index contributed by atoms with van der Waals surface area (Å²) in [5, 5.41) is 8.77. The lowest BCUT2D eigenvalue weighted by Crippen LogP contribution is -2.51. The lowest BCUT2D eigenvalue weighted by Gasteiger charge is -2.34. The van der Waals surface area contributed by atoms with Gasteiger partial charge in [0.05, 0.1) is 0 Å². The Bertz CT molecular complexity index is 654. The zero-order chi connectivity index (χ0) is 19.8. The number of carboxylic acids is 1. The number of carboxylic acid groups (broad SMARTS) is 1. The Kier molecular flexibility index (Phi) is 7.72. The maximum atomic E-state index is 12.6. The van der Waals surface area contributed by atoms with Gasteiger partial charge in [0.1, 0.15) is 11.7 Å². The molecule has 0 aliphatic carbocycles. The summed E-state index contributed by atoms with van der Waals surface area (Å²) in [5.74, 6) is -1.36. The summed E-state index contributed by atoms with van der Waals surface area (Å²) < 4.78 is 0. The number of piperazine rings is 1. The predicted octanol–water partition coefficient (Wildman–Crippen LogP) is 0.901. The fourth-order valence-corrected chi connectivity index (χ4v) is 2.96. The van der Waals surface area contributed by atoms with Crippen molar-refractivity contribution in [2.75, 3.05) is 26.2 Å². The van der Waals surface area contributed by atoms with E-state index in [1.165, 1.54) is 0 Å². The molecule has 1 aromatic heterocycles. The van der Waals surface area contributed by atoms with Crippen LogP contribution in [0, 0.1) is 0 Å². The zero-order valence-electron chi connectivity index (χ0n) is 15.8. The van der Waals surface area contributed by atoms with Crippen molar-refractivity contribution >= 4 is 17.8 Å². The van der Waals surface area contributed by atoms with Gasteiger partial charge in [-0.05, 0) is 30.9 Å². The second-order valence-electron chi connectivity index (χ2n) is 6.81. The predicted molar refractivity (Wildman–Crippen MR) is 100 cm³/mol. The standard InChI is InChI=1S/C19H28N4O4/c1-2-3-4-14-5-7-16(21-13-14)18(25)23-11-9-22(10-12-23)17(24)8-6-15(20)19(26)27/h5,7,13,15H,2-4,6,8-12,20H2,1H3,(H,26,27). The van der Waals surface area contributed by atoms with E-state index in [0.29, 0.717) is 31.9 Å². The van der Waals surface area contributed by atoms with E-state index in [-0.39, 0.29) is 24.7 Å². The van der Waals surface area contributed by atoms with Gasteiger partial charge in [-0.1, -0.05) is 19.4 Å². The molecule has 2 rings (SSSR count). The van der Waals surface area contributed by atoms with Crippen LogP contribution in [0.5, 0.6) is 0 Å². The molecule has 1 fully saturated rings. The van der Waals surface area contributed by atoms with Crippen molar-refractivity contribution in [3.63, 3.8) is 0 Å². The molecule has 1 aliphatic rings. The van der Waals surface area contributed by atoms with E-state index in [2.05, 4.69) is 11.9 Å². The van der Waals surface area contributed by atoms with Crippen molar-refractivity contribution < 1.29 is 19.5 Å². The van der Waals surface area contributed by atoms with E-state index < -0.39 is 12.0 Å². The quantitative estimate of drug-likeness (QED) is 0.696. The molecular formula is C19H28N4O4. The fourth-order valence-electron chi connectivity index (χ4n) is 2.96. The van der Waals surface area contributed by atoms with Crippen molar-refractivity contribution in [2.45, 2.75) is 45.1 Å². The number of aliphatic carboxylic acids is 1. The van der Waals surface area contributed by atoms with Crippen molar-refractivity contribution in [2.24, 2.45) is 5.73 Å². The molecule has 27 heavy (non-hydrogen) atoms. The van der Waals surface area contributed by atoms with Crippen molar-refractivity contribution in [3.8, 4) is 0 Å². The minimum absolute atomic E-state index is 0.0994. The average molecular weight is 376 g/mol. The molecular weight excluding hydrogens is 348 g/mol. The molecule has 1 atom stereocenters. The molecule has 2 amide bonds. The third-order valence-electron chi connectivity index (χ3n) is 4.77. The lowest BCUT2D eigenvalue weighted by molar-refractivity contribution is -0.139. The van der Waals surface area contributed by atoms with Crippen molar-refractivity contribution in [1.29, 1.82) is 0 Å². The minimum atomic E-state index is -1.11. The van der Waals surface area contributed by atoms with Gasteiger partial charge in [-0.15, -0.1) is 0 Å². The SMILES string of the molecule is CCCCc1ccc(C(=O)N2CCN(C(=O)CCC(N)C(=O)O)CC2)nc1. The van der Waals surface area contributed by atoms with Crippen LogP contribution >= 0.6 is 0 Å². The molecule has 1 aliphatic heterocycles. The molecule has 0 aromatic carbocycles. The Balaban J connectivity index is 1.81. The Morgan fingerprint density at radius 3 is 2.41 bits per heavy atom. The van der Waals surface area contributed by atoms with E-state index >= 15 is 0 Å². The molecule has 8 heteroatoms. The maximum absolute atomic E-state index is 12.6. The number of unbranched alkanes of at least 4 members (excludes halogenated alkanes) is 1. The van der Waals surface area contributed by atoms with Crippen LogP contribution in [0.25, 0.3) is 0 Å². The molecule has 3 N–H and O–H groups in total. The highest BCUT2D eigenvalue weighted by Gasteiger charge is 2.26. The molecule has 0 saturated carbocycles. The van der Waals surface area contributed by atoms with Gasteiger partial charge in [-0.25, -0.2) is 0 Å². The molecule has 2 heterocycles. The number of hydrogen-bond donors (Lipinski definition) is 2. The van der Waals surface area contributed by atoms with E-state index in [1.54, 1.807) is 22.1 Å². The highest BCUT2D eigenvalue weighted by Crippen LogP contribution is 2.11. The molecule has 148 valence electrons. The number of aromatic nitrogens is 1. The Labute approximate surface area is 159 Å². The number of aryl methyl sites for hydroxylation is 1. The van der Waals surface area contributed by atoms with Crippen LogP contribution in [0.4, 0.5) is 0 Å². The largest absolute Gasteiger partial charge is 0.480 e. The highest BCUT2D eigenvalue weighted by atomic mass is 16.4. The average Bonchev–Trinajstić information content (AvgIpc) is 2.70. The van der Waals surface area contributed by atoms with Gasteiger partial charge in [0, 0.05) is 38.8 Å². The van der Waals surface area contributed by atoms with Crippen LogP contribution in [0.15, 0.2) is 18.3 Å². The topological polar surface area (TPSA) is 117 Å². The number of rotatable bonds is 8. The Hall–Kier alpha value is -2.48. The van der Waals surface area contributed by atoms with E-state index in [9.17, 15) is 14.4 Å². The summed E-state index contributed by atoms with van der Waals surface area (Å²) in [5.41, 5.74) is 6.97. The first kappa shape index (κ1) is 20.8. The Morgan fingerprint density at radius 2 is 1.85 bits per heavy atom. The summed E-state index contributed by atoms with van der Waals surface area (Å²) >= 11 is 0. The van der Waals surface area contributed by atoms with E-state index in [0.717, 1.165) is 24.8 Å². The third-order valence-corrected chi connectivity index (χ3v) is 4.77. The van der Waals surface area contributed by atoms with Gasteiger partial charge in [0.25, 0.3) is 5.91 Å². The fraction of sp³-hybridized carbons (Fsp3) is 0.579. The van der Waals surface area contributed by atoms with Crippen LogP contribution in [0.3, 0.4) is 0 Å². The minimum Gasteiger partial charge on any atom is -0.480 e. The monoisotopic (exact) mass is 376 g/mol. The van der Waals surface area contributed by atoms with Gasteiger partial charge >= 0.3 is 5.97 Å². The summed E-state index contributed by atoms with van der Waals surface area (Å²) in [6, 6.07) is 2.68. The number of hydrogen-bond acceptors (Lipinski definition) is 5. The second-order valence-corrected chi connectivity index (χ2v) is 6.81. The van der Waals surface area contributed by atoms with E-state index in [4.69, 9.17) is 10.8 Å². The van der Waals surface area contributed by atoms with Gasteiger partial charge in [0.2, 0.25) is 5.91 Å². The number of carbonyl (C=O) groups excluding carboxylic acids is 2. The lowest BCUT2D eigenvalue weighted by atomic mass is 10.1. The molecule has 8 nitrogen and oxygen atoms in total. The number of nitrogens with zero attached hydrogens (tertiary/aromatic N) is 3. The van der Waals surface area contributed by atoms with Crippen LogP contribution in [-0.2, 0) is 16.0 Å². The molecule has 0 spiro atoms.